The maximum absolute atomic E-state index is 12.2. The number of benzene rings is 2. The van der Waals surface area contributed by atoms with Crippen molar-refractivity contribution in [1.29, 1.82) is 0 Å². The van der Waals surface area contributed by atoms with Gasteiger partial charge in [0.05, 0.1) is 18.2 Å². The molecule has 2 amide bonds. The zero-order valence-corrected chi connectivity index (χ0v) is 15.0. The minimum absolute atomic E-state index is 0.118. The summed E-state index contributed by atoms with van der Waals surface area (Å²) in [5.74, 6) is 0.720. The molecule has 5 nitrogen and oxygen atoms in total. The molecular weight excluding hydrogens is 352 g/mol. The Balaban J connectivity index is 1.27. The third-order valence-electron chi connectivity index (χ3n) is 4.89. The third kappa shape index (κ3) is 3.94. The van der Waals surface area contributed by atoms with E-state index in [2.05, 4.69) is 10.6 Å². The lowest BCUT2D eigenvalue weighted by Gasteiger charge is -2.20. The number of carbonyl (C=O) groups excluding carboxylic acids is 1. The fourth-order valence-electron chi connectivity index (χ4n) is 3.54. The Labute approximate surface area is 157 Å². The first kappa shape index (κ1) is 17.2. The molecule has 6 heteroatoms. The molecule has 136 valence electrons. The highest BCUT2D eigenvalue weighted by Gasteiger charge is 2.41. The zero-order valence-electron chi connectivity index (χ0n) is 14.3. The fourth-order valence-corrected chi connectivity index (χ4v) is 3.73. The summed E-state index contributed by atoms with van der Waals surface area (Å²) in [5.41, 5.74) is 1.65. The van der Waals surface area contributed by atoms with Gasteiger partial charge in [0.25, 0.3) is 0 Å². The summed E-state index contributed by atoms with van der Waals surface area (Å²) in [4.78, 5) is 12.2. The van der Waals surface area contributed by atoms with E-state index >= 15 is 0 Å². The number of rotatable bonds is 5. The highest BCUT2D eigenvalue weighted by Crippen LogP contribution is 2.34. The standard InChI is InChI=1S/C20H21ClN2O3/c21-17-4-2-1-3-13(17)12-25-15-7-5-14(6-8-15)22-20(24)23-18-11-16-9-10-19(18)26-16/h1-8,16,18-19H,9-12H2,(H2,22,23,24)/t16-,18-,19+/m1/s1. The molecular formula is C20H21ClN2O3. The average Bonchev–Trinajstić information content (AvgIpc) is 3.25. The van der Waals surface area contributed by atoms with Crippen LogP contribution in [0.15, 0.2) is 48.5 Å². The first-order chi connectivity index (χ1) is 12.7. The van der Waals surface area contributed by atoms with Gasteiger partial charge >= 0.3 is 6.03 Å². The van der Waals surface area contributed by atoms with Crippen molar-refractivity contribution in [3.8, 4) is 5.75 Å². The van der Waals surface area contributed by atoms with Crippen molar-refractivity contribution in [3.63, 3.8) is 0 Å². The van der Waals surface area contributed by atoms with Gasteiger partial charge in [-0.25, -0.2) is 4.79 Å². The molecule has 0 saturated carbocycles. The first-order valence-electron chi connectivity index (χ1n) is 8.86. The van der Waals surface area contributed by atoms with Crippen LogP contribution in [0.25, 0.3) is 0 Å². The van der Waals surface area contributed by atoms with E-state index in [1.807, 2.05) is 48.5 Å². The van der Waals surface area contributed by atoms with E-state index in [4.69, 9.17) is 21.1 Å². The molecule has 2 saturated heterocycles. The van der Waals surface area contributed by atoms with Crippen LogP contribution < -0.4 is 15.4 Å². The Morgan fingerprint density at radius 1 is 1.15 bits per heavy atom. The van der Waals surface area contributed by atoms with Gasteiger partial charge in [-0.15, -0.1) is 0 Å². The summed E-state index contributed by atoms with van der Waals surface area (Å²) in [7, 11) is 0. The van der Waals surface area contributed by atoms with E-state index in [-0.39, 0.29) is 18.2 Å². The van der Waals surface area contributed by atoms with Crippen LogP contribution in [0.5, 0.6) is 5.75 Å². The average molecular weight is 373 g/mol. The fraction of sp³-hybridized carbons (Fsp3) is 0.350. The summed E-state index contributed by atoms with van der Waals surface area (Å²) in [6.07, 6.45) is 3.55. The van der Waals surface area contributed by atoms with Crippen molar-refractivity contribution in [1.82, 2.24) is 5.32 Å². The van der Waals surface area contributed by atoms with Crippen molar-refractivity contribution < 1.29 is 14.3 Å². The highest BCUT2D eigenvalue weighted by molar-refractivity contribution is 6.31. The van der Waals surface area contributed by atoms with E-state index < -0.39 is 0 Å². The molecule has 0 spiro atoms. The largest absolute Gasteiger partial charge is 0.489 e. The number of nitrogens with one attached hydrogen (secondary N) is 2. The predicted molar refractivity (Wildman–Crippen MR) is 101 cm³/mol. The number of halogens is 1. The van der Waals surface area contributed by atoms with Crippen molar-refractivity contribution >= 4 is 23.3 Å². The highest BCUT2D eigenvalue weighted by atomic mass is 35.5. The van der Waals surface area contributed by atoms with Crippen molar-refractivity contribution in [3.05, 3.63) is 59.1 Å². The quantitative estimate of drug-likeness (QED) is 0.819. The van der Waals surface area contributed by atoms with Gasteiger partial charge in [0.15, 0.2) is 0 Å². The maximum Gasteiger partial charge on any atom is 0.319 e. The molecule has 2 heterocycles. The molecule has 3 atom stereocenters. The molecule has 26 heavy (non-hydrogen) atoms. The summed E-state index contributed by atoms with van der Waals surface area (Å²) < 4.78 is 11.5. The van der Waals surface area contributed by atoms with Crippen molar-refractivity contribution in [2.24, 2.45) is 0 Å². The Hall–Kier alpha value is -2.24. The number of anilines is 1. The first-order valence-corrected chi connectivity index (χ1v) is 9.24. The minimum Gasteiger partial charge on any atom is -0.489 e. The van der Waals surface area contributed by atoms with Crippen LogP contribution in [0.4, 0.5) is 10.5 Å². The molecule has 2 aromatic rings. The van der Waals surface area contributed by atoms with Gasteiger partial charge in [0, 0.05) is 16.3 Å². The molecule has 2 aliphatic heterocycles. The molecule has 0 aliphatic carbocycles. The molecule has 2 bridgehead atoms. The Morgan fingerprint density at radius 3 is 2.65 bits per heavy atom. The maximum atomic E-state index is 12.2. The Bertz CT molecular complexity index is 781. The summed E-state index contributed by atoms with van der Waals surface area (Å²) in [5, 5.41) is 6.55. The normalized spacial score (nSPS) is 23.7. The Kier molecular flexibility index (Phi) is 5.00. The number of carbonyl (C=O) groups is 1. The van der Waals surface area contributed by atoms with E-state index in [0.29, 0.717) is 17.7 Å². The van der Waals surface area contributed by atoms with Gasteiger partial charge in [0.1, 0.15) is 12.4 Å². The molecule has 0 aromatic heterocycles. The second-order valence-electron chi connectivity index (χ2n) is 6.72. The molecule has 4 rings (SSSR count). The molecule has 2 N–H and O–H groups in total. The van der Waals surface area contributed by atoms with Gasteiger partial charge in [0.2, 0.25) is 0 Å². The van der Waals surface area contributed by atoms with E-state index in [9.17, 15) is 4.79 Å². The molecule has 0 unspecified atom stereocenters. The van der Waals surface area contributed by atoms with Gasteiger partial charge in [-0.3, -0.25) is 0 Å². The predicted octanol–water partition coefficient (Wildman–Crippen LogP) is 4.36. The van der Waals surface area contributed by atoms with Crippen LogP contribution in [0, 0.1) is 0 Å². The number of fused-ring (bicyclic) bond motifs is 2. The van der Waals surface area contributed by atoms with Crippen LogP contribution in [0.2, 0.25) is 5.02 Å². The second kappa shape index (κ2) is 7.56. The van der Waals surface area contributed by atoms with Crippen LogP contribution in [-0.4, -0.2) is 24.3 Å². The lowest BCUT2D eigenvalue weighted by Crippen LogP contribution is -2.43. The van der Waals surface area contributed by atoms with Crippen LogP contribution in [0.3, 0.4) is 0 Å². The summed E-state index contributed by atoms with van der Waals surface area (Å²) in [6.45, 7) is 0.400. The topological polar surface area (TPSA) is 59.6 Å². The van der Waals surface area contributed by atoms with Gasteiger partial charge < -0.3 is 20.1 Å². The van der Waals surface area contributed by atoms with Crippen LogP contribution in [-0.2, 0) is 11.3 Å². The smallest absolute Gasteiger partial charge is 0.319 e. The molecule has 2 fully saturated rings. The molecule has 2 aliphatic rings. The second-order valence-corrected chi connectivity index (χ2v) is 7.13. The SMILES string of the molecule is O=C(Nc1ccc(OCc2ccccc2Cl)cc1)N[C@@H]1C[C@H]2CC[C@@H]1O2. The van der Waals surface area contributed by atoms with Gasteiger partial charge in [-0.05, 0) is 49.6 Å². The molecule has 0 radical (unpaired) electrons. The lowest BCUT2D eigenvalue weighted by molar-refractivity contribution is 0.0984. The van der Waals surface area contributed by atoms with Crippen molar-refractivity contribution in [2.45, 2.75) is 44.1 Å². The van der Waals surface area contributed by atoms with E-state index in [1.165, 1.54) is 0 Å². The summed E-state index contributed by atoms with van der Waals surface area (Å²) in [6, 6.07) is 14.8. The lowest BCUT2D eigenvalue weighted by atomic mass is 9.96. The number of hydrogen-bond acceptors (Lipinski definition) is 3. The van der Waals surface area contributed by atoms with Gasteiger partial charge in [-0.2, -0.15) is 0 Å². The molecule has 2 aromatic carbocycles. The minimum atomic E-state index is -0.198. The number of ether oxygens (including phenoxy) is 2. The zero-order chi connectivity index (χ0) is 17.9. The van der Waals surface area contributed by atoms with E-state index in [1.54, 1.807) is 0 Å². The van der Waals surface area contributed by atoms with Gasteiger partial charge in [-0.1, -0.05) is 29.8 Å². The monoisotopic (exact) mass is 372 g/mol. The number of hydrogen-bond donors (Lipinski definition) is 2. The van der Waals surface area contributed by atoms with Crippen molar-refractivity contribution in [2.75, 3.05) is 5.32 Å². The summed E-state index contributed by atoms with van der Waals surface area (Å²) >= 11 is 6.12. The number of amides is 2. The number of urea groups is 1. The van der Waals surface area contributed by atoms with Crippen LogP contribution >= 0.6 is 11.6 Å². The van der Waals surface area contributed by atoms with E-state index in [0.717, 1.165) is 36.3 Å². The van der Waals surface area contributed by atoms with Crippen LogP contribution in [0.1, 0.15) is 24.8 Å². The third-order valence-corrected chi connectivity index (χ3v) is 5.26. The Morgan fingerprint density at radius 2 is 1.96 bits per heavy atom.